The fraction of sp³-hybridized carbons (Fsp3) is 1.00. The molecular formula is C17H32N2. The summed E-state index contributed by atoms with van der Waals surface area (Å²) < 4.78 is 0. The molecule has 1 aliphatic heterocycles. The zero-order valence-electron chi connectivity index (χ0n) is 12.9. The molecule has 0 amide bonds. The van der Waals surface area contributed by atoms with E-state index in [1.807, 2.05) is 0 Å². The molecule has 0 aromatic heterocycles. The van der Waals surface area contributed by atoms with Crippen LogP contribution in [0.1, 0.15) is 65.2 Å². The van der Waals surface area contributed by atoms with E-state index >= 15 is 0 Å². The first-order valence-corrected chi connectivity index (χ1v) is 8.68. The number of rotatable bonds is 1. The molecule has 6 unspecified atom stereocenters. The van der Waals surface area contributed by atoms with E-state index in [-0.39, 0.29) is 0 Å². The Kier molecular flexibility index (Phi) is 4.19. The maximum absolute atomic E-state index is 6.57. The molecule has 2 nitrogen and oxygen atoms in total. The second kappa shape index (κ2) is 5.73. The van der Waals surface area contributed by atoms with Gasteiger partial charge in [-0.25, -0.2) is 0 Å². The number of likely N-dealkylation sites (tertiary alicyclic amines) is 1. The quantitative estimate of drug-likeness (QED) is 0.786. The van der Waals surface area contributed by atoms with Crippen molar-refractivity contribution in [2.24, 2.45) is 23.5 Å². The molecule has 1 heterocycles. The monoisotopic (exact) mass is 264 g/mol. The maximum atomic E-state index is 6.57. The van der Waals surface area contributed by atoms with Crippen molar-refractivity contribution in [2.75, 3.05) is 6.54 Å². The predicted molar refractivity (Wildman–Crippen MR) is 81.0 cm³/mol. The highest BCUT2D eigenvalue weighted by Gasteiger charge is 2.42. The Morgan fingerprint density at radius 2 is 1.68 bits per heavy atom. The van der Waals surface area contributed by atoms with Crippen LogP contribution < -0.4 is 5.73 Å². The number of fused-ring (bicyclic) bond motifs is 1. The van der Waals surface area contributed by atoms with E-state index in [4.69, 9.17) is 5.73 Å². The molecule has 2 aliphatic carbocycles. The van der Waals surface area contributed by atoms with E-state index in [9.17, 15) is 0 Å². The van der Waals surface area contributed by atoms with Crippen molar-refractivity contribution in [1.29, 1.82) is 0 Å². The molecule has 0 aromatic rings. The summed E-state index contributed by atoms with van der Waals surface area (Å²) in [6, 6.07) is 1.95. The number of nitrogens with two attached hydrogens (primary N) is 1. The first-order chi connectivity index (χ1) is 9.16. The summed E-state index contributed by atoms with van der Waals surface area (Å²) in [6.07, 6.45) is 11.3. The fourth-order valence-electron chi connectivity index (χ4n) is 5.50. The predicted octanol–water partition coefficient (Wildman–Crippen LogP) is 3.40. The van der Waals surface area contributed by atoms with Crippen molar-refractivity contribution in [2.45, 2.75) is 83.3 Å². The van der Waals surface area contributed by atoms with Crippen LogP contribution in [0.15, 0.2) is 0 Å². The van der Waals surface area contributed by atoms with Crippen LogP contribution in [0.4, 0.5) is 0 Å². The van der Waals surface area contributed by atoms with Gasteiger partial charge in [0.2, 0.25) is 0 Å². The normalized spacial score (nSPS) is 48.8. The third kappa shape index (κ3) is 2.71. The number of piperidine rings is 1. The smallest absolute Gasteiger partial charge is 0.0276 e. The van der Waals surface area contributed by atoms with E-state index in [1.54, 1.807) is 0 Å². The average molecular weight is 264 g/mol. The third-order valence-electron chi connectivity index (χ3n) is 6.14. The minimum absolute atomic E-state index is 0.416. The van der Waals surface area contributed by atoms with Crippen LogP contribution in [0.2, 0.25) is 0 Å². The van der Waals surface area contributed by atoms with Gasteiger partial charge in [0.15, 0.2) is 0 Å². The number of hydrogen-bond acceptors (Lipinski definition) is 2. The lowest BCUT2D eigenvalue weighted by Gasteiger charge is -2.52. The van der Waals surface area contributed by atoms with Crippen molar-refractivity contribution >= 4 is 0 Å². The highest BCUT2D eigenvalue weighted by atomic mass is 15.2. The fourth-order valence-corrected chi connectivity index (χ4v) is 5.50. The minimum Gasteiger partial charge on any atom is -0.326 e. The molecular weight excluding hydrogens is 232 g/mol. The first kappa shape index (κ1) is 13.9. The first-order valence-electron chi connectivity index (χ1n) is 8.68. The zero-order chi connectivity index (χ0) is 13.4. The van der Waals surface area contributed by atoms with Crippen LogP contribution >= 0.6 is 0 Å². The van der Waals surface area contributed by atoms with Gasteiger partial charge >= 0.3 is 0 Å². The molecule has 3 rings (SSSR count). The SMILES string of the molecule is CC1CC(C)C(N2CCCC3CCCCC32)C(N)C1. The molecule has 0 spiro atoms. The van der Waals surface area contributed by atoms with Crippen LogP contribution in [0.25, 0.3) is 0 Å². The standard InChI is InChI=1S/C17H32N2/c1-12-10-13(2)17(15(18)11-12)19-9-5-7-14-6-3-4-8-16(14)19/h12-17H,3-11,18H2,1-2H3. The van der Waals surface area contributed by atoms with Crippen molar-refractivity contribution < 1.29 is 0 Å². The second-order valence-corrected chi connectivity index (χ2v) is 7.70. The molecule has 6 atom stereocenters. The number of nitrogens with zero attached hydrogens (tertiary/aromatic N) is 1. The van der Waals surface area contributed by atoms with Gasteiger partial charge in [0.25, 0.3) is 0 Å². The van der Waals surface area contributed by atoms with Crippen LogP contribution in [0.3, 0.4) is 0 Å². The topological polar surface area (TPSA) is 29.3 Å². The van der Waals surface area contributed by atoms with Crippen molar-refractivity contribution in [3.63, 3.8) is 0 Å². The third-order valence-corrected chi connectivity index (χ3v) is 6.14. The molecule has 19 heavy (non-hydrogen) atoms. The van der Waals surface area contributed by atoms with Crippen LogP contribution in [-0.2, 0) is 0 Å². The molecule has 0 radical (unpaired) electrons. The lowest BCUT2D eigenvalue weighted by molar-refractivity contribution is -0.0205. The summed E-state index contributed by atoms with van der Waals surface area (Å²) in [5, 5.41) is 0. The average Bonchev–Trinajstić information content (AvgIpc) is 2.38. The molecule has 3 fully saturated rings. The Balaban J connectivity index is 1.75. The summed E-state index contributed by atoms with van der Waals surface area (Å²) in [6.45, 7) is 6.15. The van der Waals surface area contributed by atoms with Gasteiger partial charge in [-0.1, -0.05) is 26.7 Å². The molecule has 0 bridgehead atoms. The Morgan fingerprint density at radius 3 is 2.47 bits per heavy atom. The van der Waals surface area contributed by atoms with Gasteiger partial charge in [-0.2, -0.15) is 0 Å². The van der Waals surface area contributed by atoms with E-state index in [2.05, 4.69) is 18.7 Å². The molecule has 2 heteroatoms. The molecule has 1 saturated heterocycles. The minimum atomic E-state index is 0.416. The summed E-state index contributed by atoms with van der Waals surface area (Å²) in [4.78, 5) is 2.87. The van der Waals surface area contributed by atoms with Gasteiger partial charge in [0, 0.05) is 18.1 Å². The maximum Gasteiger partial charge on any atom is 0.0276 e. The summed E-state index contributed by atoms with van der Waals surface area (Å²) in [5.74, 6) is 2.61. The van der Waals surface area contributed by atoms with Crippen LogP contribution in [-0.4, -0.2) is 29.6 Å². The summed E-state index contributed by atoms with van der Waals surface area (Å²) >= 11 is 0. The van der Waals surface area contributed by atoms with Crippen molar-refractivity contribution in [1.82, 2.24) is 4.90 Å². The Labute approximate surface area is 119 Å². The summed E-state index contributed by atoms with van der Waals surface area (Å²) in [7, 11) is 0. The van der Waals surface area contributed by atoms with E-state index in [1.165, 1.54) is 57.9 Å². The van der Waals surface area contributed by atoms with Gasteiger partial charge in [0.05, 0.1) is 0 Å². The largest absolute Gasteiger partial charge is 0.326 e. The van der Waals surface area contributed by atoms with E-state index in [0.717, 1.165) is 23.8 Å². The van der Waals surface area contributed by atoms with Crippen molar-refractivity contribution in [3.8, 4) is 0 Å². The highest BCUT2D eigenvalue weighted by Crippen LogP contribution is 2.40. The van der Waals surface area contributed by atoms with Crippen LogP contribution in [0, 0.1) is 17.8 Å². The molecule has 3 aliphatic rings. The van der Waals surface area contributed by atoms with Gasteiger partial charge in [-0.3, -0.25) is 4.90 Å². The summed E-state index contributed by atoms with van der Waals surface area (Å²) in [5.41, 5.74) is 6.57. The van der Waals surface area contributed by atoms with Crippen molar-refractivity contribution in [3.05, 3.63) is 0 Å². The number of hydrogen-bond donors (Lipinski definition) is 1. The van der Waals surface area contributed by atoms with Gasteiger partial charge in [0.1, 0.15) is 0 Å². The lowest BCUT2D eigenvalue weighted by atomic mass is 9.72. The van der Waals surface area contributed by atoms with Gasteiger partial charge < -0.3 is 5.73 Å². The van der Waals surface area contributed by atoms with Crippen LogP contribution in [0.5, 0.6) is 0 Å². The second-order valence-electron chi connectivity index (χ2n) is 7.70. The van der Waals surface area contributed by atoms with Gasteiger partial charge in [-0.05, 0) is 62.8 Å². The molecule has 2 saturated carbocycles. The zero-order valence-corrected chi connectivity index (χ0v) is 12.9. The Bertz CT molecular complexity index is 290. The van der Waals surface area contributed by atoms with E-state index in [0.29, 0.717) is 12.1 Å². The van der Waals surface area contributed by atoms with E-state index < -0.39 is 0 Å². The highest BCUT2D eigenvalue weighted by molar-refractivity contribution is 4.98. The molecule has 2 N–H and O–H groups in total. The Hall–Kier alpha value is -0.0800. The lowest BCUT2D eigenvalue weighted by Crippen LogP contribution is -2.61. The molecule has 110 valence electrons. The molecule has 0 aromatic carbocycles. The van der Waals surface area contributed by atoms with Gasteiger partial charge in [-0.15, -0.1) is 0 Å². The Morgan fingerprint density at radius 1 is 0.947 bits per heavy atom.